The monoisotopic (exact) mass is 252 g/mol. The molecule has 0 radical (unpaired) electrons. The molecule has 0 aromatic carbocycles. The average Bonchev–Trinajstić information content (AvgIpc) is 2.54. The molecule has 1 saturated heterocycles. The minimum atomic E-state index is -0.972. The second-order valence-corrected chi connectivity index (χ2v) is 16.1. The van der Waals surface area contributed by atoms with Gasteiger partial charge in [0.15, 0.2) is 0 Å². The van der Waals surface area contributed by atoms with E-state index >= 15 is 0 Å². The van der Waals surface area contributed by atoms with Gasteiger partial charge in [0.05, 0.1) is 4.44 Å². The van der Waals surface area contributed by atoms with Crippen molar-refractivity contribution in [1.29, 1.82) is 0 Å². The topological polar surface area (TPSA) is 0 Å². The minimum absolute atomic E-state index is 0.972. The van der Waals surface area contributed by atoms with E-state index in [1.165, 1.54) is 49.8 Å². The molecule has 0 amide bonds. The molecule has 1 saturated carbocycles. The second-order valence-electron chi connectivity index (χ2n) is 3.96. The first-order chi connectivity index (χ1) is 6.29. The Bertz CT molecular complexity index is 201. The van der Waals surface area contributed by atoms with Crippen molar-refractivity contribution >= 4 is 39.0 Å². The van der Waals surface area contributed by atoms with E-state index in [1.807, 2.05) is 0 Å². The molecule has 0 unspecified atom stereocenters. The van der Waals surface area contributed by atoms with Crippen molar-refractivity contribution in [1.82, 2.24) is 0 Å². The molecule has 1 aliphatic carbocycles. The standard InChI is InChI=1S/C9H17PS3/c11-10(12-6-7-13-10)8-9-4-2-1-3-5-9/h9H,1-8H2. The van der Waals surface area contributed by atoms with Gasteiger partial charge in [-0.3, -0.25) is 0 Å². The van der Waals surface area contributed by atoms with Gasteiger partial charge in [-0.15, -0.1) is 22.8 Å². The Labute approximate surface area is 94.5 Å². The molecule has 0 N–H and O–H groups in total. The molecule has 1 heterocycles. The third-order valence-electron chi connectivity index (χ3n) is 2.87. The minimum Gasteiger partial charge on any atom is -0.113 e. The second kappa shape index (κ2) is 4.92. The molecule has 4 heteroatoms. The highest BCUT2D eigenvalue weighted by Crippen LogP contribution is 2.74. The molecule has 13 heavy (non-hydrogen) atoms. The smallest absolute Gasteiger partial charge is 0.0575 e. The van der Waals surface area contributed by atoms with Crippen molar-refractivity contribution in [2.24, 2.45) is 5.92 Å². The summed E-state index contributed by atoms with van der Waals surface area (Å²) in [5.74, 6) is 3.65. The Morgan fingerprint density at radius 1 is 1.08 bits per heavy atom. The third-order valence-corrected chi connectivity index (χ3v) is 14.2. The molecule has 0 aromatic rings. The summed E-state index contributed by atoms with van der Waals surface area (Å²) >= 11 is 10.0. The summed E-state index contributed by atoms with van der Waals surface area (Å²) in [6.45, 7) is 0. The van der Waals surface area contributed by atoms with Gasteiger partial charge in [0.25, 0.3) is 0 Å². The van der Waals surface area contributed by atoms with Gasteiger partial charge < -0.3 is 0 Å². The summed E-state index contributed by atoms with van der Waals surface area (Å²) in [6.07, 6.45) is 8.75. The molecule has 2 fully saturated rings. The largest absolute Gasteiger partial charge is 0.113 e. The lowest BCUT2D eigenvalue weighted by molar-refractivity contribution is 0.390. The number of hydrogen-bond donors (Lipinski definition) is 0. The van der Waals surface area contributed by atoms with Crippen LogP contribution in [0.2, 0.25) is 0 Å². The number of hydrogen-bond acceptors (Lipinski definition) is 3. The van der Waals surface area contributed by atoms with Crippen LogP contribution in [-0.4, -0.2) is 17.7 Å². The molecular weight excluding hydrogens is 235 g/mol. The average molecular weight is 252 g/mol. The van der Waals surface area contributed by atoms with E-state index in [9.17, 15) is 0 Å². The summed E-state index contributed by atoms with van der Waals surface area (Å²) in [5, 5.41) is 0. The fourth-order valence-corrected chi connectivity index (χ4v) is 13.7. The summed E-state index contributed by atoms with van der Waals surface area (Å²) in [6, 6.07) is 0. The normalized spacial score (nSPS) is 29.2. The van der Waals surface area contributed by atoms with Crippen molar-refractivity contribution in [2.45, 2.75) is 32.1 Å². The van der Waals surface area contributed by atoms with Gasteiger partial charge in [0.2, 0.25) is 0 Å². The summed E-state index contributed by atoms with van der Waals surface area (Å²) in [5.41, 5.74) is 0. The Hall–Kier alpha value is 1.35. The lowest BCUT2D eigenvalue weighted by Crippen LogP contribution is -2.09. The van der Waals surface area contributed by atoms with Crippen LogP contribution in [0, 0.1) is 5.92 Å². The van der Waals surface area contributed by atoms with Crippen molar-refractivity contribution in [3.8, 4) is 0 Å². The van der Waals surface area contributed by atoms with Crippen LogP contribution < -0.4 is 0 Å². The van der Waals surface area contributed by atoms with E-state index < -0.39 is 4.44 Å². The predicted octanol–water partition coefficient (Wildman–Crippen LogP) is 4.36. The first-order valence-corrected chi connectivity index (χ1v) is 11.3. The van der Waals surface area contributed by atoms with Crippen LogP contribution in [-0.2, 0) is 11.8 Å². The van der Waals surface area contributed by atoms with E-state index in [4.69, 9.17) is 11.8 Å². The molecule has 2 rings (SSSR count). The Morgan fingerprint density at radius 2 is 1.69 bits per heavy atom. The summed E-state index contributed by atoms with van der Waals surface area (Å²) < 4.78 is -0.972. The van der Waals surface area contributed by atoms with Crippen LogP contribution in [0.1, 0.15) is 32.1 Å². The Balaban J connectivity index is 1.85. The lowest BCUT2D eigenvalue weighted by Gasteiger charge is -2.25. The molecule has 0 spiro atoms. The van der Waals surface area contributed by atoms with Crippen LogP contribution >= 0.6 is 27.2 Å². The van der Waals surface area contributed by atoms with Gasteiger partial charge in [0.1, 0.15) is 0 Å². The molecule has 0 nitrogen and oxygen atoms in total. The number of rotatable bonds is 2. The van der Waals surface area contributed by atoms with Gasteiger partial charge in [-0.1, -0.05) is 43.9 Å². The fourth-order valence-electron chi connectivity index (χ4n) is 2.18. The summed E-state index contributed by atoms with van der Waals surface area (Å²) in [4.78, 5) is 0. The maximum Gasteiger partial charge on any atom is 0.0575 e. The van der Waals surface area contributed by atoms with Gasteiger partial charge in [0, 0.05) is 11.5 Å². The highest BCUT2D eigenvalue weighted by molar-refractivity contribution is 9.01. The van der Waals surface area contributed by atoms with Crippen molar-refractivity contribution in [3.05, 3.63) is 0 Å². The zero-order chi connectivity index (χ0) is 9.15. The molecule has 0 atom stereocenters. The van der Waals surface area contributed by atoms with Crippen LogP contribution in [0.4, 0.5) is 0 Å². The van der Waals surface area contributed by atoms with Gasteiger partial charge in [-0.2, -0.15) is 0 Å². The molecule has 0 aromatic heterocycles. The molecule has 76 valence electrons. The first-order valence-electron chi connectivity index (χ1n) is 5.17. The van der Waals surface area contributed by atoms with E-state index in [-0.39, 0.29) is 0 Å². The van der Waals surface area contributed by atoms with Gasteiger partial charge in [-0.25, -0.2) is 0 Å². The summed E-state index contributed by atoms with van der Waals surface area (Å²) in [7, 11) is 0. The molecular formula is C9H17PS3. The van der Waals surface area contributed by atoms with Crippen LogP contribution in [0.3, 0.4) is 0 Å². The predicted molar refractivity (Wildman–Crippen MR) is 70.6 cm³/mol. The SMILES string of the molecule is S=P1(CC2CCCCC2)SCCS1. The van der Waals surface area contributed by atoms with E-state index in [0.717, 1.165) is 5.92 Å². The highest BCUT2D eigenvalue weighted by atomic mass is 33.2. The Morgan fingerprint density at radius 3 is 2.31 bits per heavy atom. The molecule has 2 aliphatic rings. The fraction of sp³-hybridized carbons (Fsp3) is 1.00. The van der Waals surface area contributed by atoms with Crippen LogP contribution in [0.5, 0.6) is 0 Å². The third kappa shape index (κ3) is 3.15. The van der Waals surface area contributed by atoms with Crippen molar-refractivity contribution in [3.63, 3.8) is 0 Å². The van der Waals surface area contributed by atoms with Crippen molar-refractivity contribution < 1.29 is 0 Å². The lowest BCUT2D eigenvalue weighted by atomic mass is 9.91. The van der Waals surface area contributed by atoms with E-state index in [2.05, 4.69) is 22.8 Å². The van der Waals surface area contributed by atoms with Crippen LogP contribution in [0.15, 0.2) is 0 Å². The highest BCUT2D eigenvalue weighted by Gasteiger charge is 2.28. The Kier molecular flexibility index (Phi) is 4.11. The zero-order valence-electron chi connectivity index (χ0n) is 7.91. The zero-order valence-corrected chi connectivity index (χ0v) is 11.3. The quantitative estimate of drug-likeness (QED) is 0.670. The van der Waals surface area contributed by atoms with Crippen LogP contribution in [0.25, 0.3) is 0 Å². The molecule has 0 bridgehead atoms. The first kappa shape index (κ1) is 10.9. The van der Waals surface area contributed by atoms with E-state index in [1.54, 1.807) is 0 Å². The molecule has 1 aliphatic heterocycles. The van der Waals surface area contributed by atoms with Gasteiger partial charge >= 0.3 is 0 Å². The van der Waals surface area contributed by atoms with Crippen molar-refractivity contribution in [2.75, 3.05) is 17.7 Å². The maximum absolute atomic E-state index is 5.78. The van der Waals surface area contributed by atoms with E-state index in [0.29, 0.717) is 0 Å². The maximum atomic E-state index is 5.78. The van der Waals surface area contributed by atoms with Gasteiger partial charge in [-0.05, 0) is 12.1 Å².